The summed E-state index contributed by atoms with van der Waals surface area (Å²) in [5.74, 6) is 0. The average Bonchev–Trinajstić information content (AvgIpc) is 2.47. The Kier molecular flexibility index (Phi) is 5.13. The second kappa shape index (κ2) is 6.86. The second-order valence-corrected chi connectivity index (χ2v) is 6.62. The van der Waals surface area contributed by atoms with Crippen molar-refractivity contribution < 1.29 is 0 Å². The SMILES string of the molecule is CC(NCCc1ccccn1)c1ccc(C(C)(C)C)cc1. The highest BCUT2D eigenvalue weighted by Crippen LogP contribution is 2.23. The van der Waals surface area contributed by atoms with E-state index >= 15 is 0 Å². The van der Waals surface area contributed by atoms with Crippen molar-refractivity contribution in [2.24, 2.45) is 0 Å². The van der Waals surface area contributed by atoms with Crippen LogP contribution in [-0.4, -0.2) is 11.5 Å². The molecule has 2 aromatic rings. The van der Waals surface area contributed by atoms with Gasteiger partial charge in [0.15, 0.2) is 0 Å². The van der Waals surface area contributed by atoms with Crippen molar-refractivity contribution in [2.45, 2.75) is 45.6 Å². The van der Waals surface area contributed by atoms with E-state index in [9.17, 15) is 0 Å². The van der Waals surface area contributed by atoms with Gasteiger partial charge in [-0.2, -0.15) is 0 Å². The molecule has 1 unspecified atom stereocenters. The van der Waals surface area contributed by atoms with Crippen LogP contribution in [0.1, 0.15) is 50.6 Å². The zero-order valence-electron chi connectivity index (χ0n) is 13.6. The molecule has 2 heteroatoms. The number of nitrogens with zero attached hydrogens (tertiary/aromatic N) is 1. The van der Waals surface area contributed by atoms with Crippen LogP contribution >= 0.6 is 0 Å². The highest BCUT2D eigenvalue weighted by molar-refractivity contribution is 5.29. The number of nitrogens with one attached hydrogen (secondary N) is 1. The first-order valence-corrected chi connectivity index (χ1v) is 7.70. The first kappa shape index (κ1) is 15.7. The van der Waals surface area contributed by atoms with Gasteiger partial charge in [0, 0.05) is 30.9 Å². The molecule has 0 bridgehead atoms. The van der Waals surface area contributed by atoms with E-state index in [1.54, 1.807) is 0 Å². The van der Waals surface area contributed by atoms with Crippen molar-refractivity contribution >= 4 is 0 Å². The summed E-state index contributed by atoms with van der Waals surface area (Å²) in [5, 5.41) is 3.57. The molecule has 0 spiro atoms. The Labute approximate surface area is 128 Å². The lowest BCUT2D eigenvalue weighted by atomic mass is 9.86. The third-order valence-corrected chi connectivity index (χ3v) is 3.83. The number of hydrogen-bond acceptors (Lipinski definition) is 2. The van der Waals surface area contributed by atoms with Crippen LogP contribution in [0, 0.1) is 0 Å². The van der Waals surface area contributed by atoms with Crippen molar-refractivity contribution in [3.05, 3.63) is 65.5 Å². The van der Waals surface area contributed by atoms with Crippen molar-refractivity contribution in [3.63, 3.8) is 0 Å². The predicted octanol–water partition coefficient (Wildman–Crippen LogP) is 4.27. The summed E-state index contributed by atoms with van der Waals surface area (Å²) in [7, 11) is 0. The Balaban J connectivity index is 1.87. The van der Waals surface area contributed by atoms with Gasteiger partial charge < -0.3 is 5.32 Å². The molecule has 21 heavy (non-hydrogen) atoms. The van der Waals surface area contributed by atoms with E-state index in [2.05, 4.69) is 68.3 Å². The molecule has 1 aromatic carbocycles. The van der Waals surface area contributed by atoms with Crippen LogP contribution in [-0.2, 0) is 11.8 Å². The lowest BCUT2D eigenvalue weighted by molar-refractivity contribution is 0.569. The molecule has 1 N–H and O–H groups in total. The summed E-state index contributed by atoms with van der Waals surface area (Å²) in [6, 6.07) is 15.4. The van der Waals surface area contributed by atoms with Crippen molar-refractivity contribution in [2.75, 3.05) is 6.54 Å². The molecule has 0 aliphatic carbocycles. The zero-order valence-corrected chi connectivity index (χ0v) is 13.6. The average molecular weight is 282 g/mol. The lowest BCUT2D eigenvalue weighted by Crippen LogP contribution is -2.22. The van der Waals surface area contributed by atoms with Crippen LogP contribution in [0.25, 0.3) is 0 Å². The fourth-order valence-electron chi connectivity index (χ4n) is 2.35. The Morgan fingerprint density at radius 1 is 1.05 bits per heavy atom. The third kappa shape index (κ3) is 4.68. The molecule has 0 fully saturated rings. The molecule has 2 rings (SSSR count). The van der Waals surface area contributed by atoms with E-state index in [0.29, 0.717) is 6.04 Å². The van der Waals surface area contributed by atoms with E-state index in [-0.39, 0.29) is 5.41 Å². The molecule has 1 atom stereocenters. The van der Waals surface area contributed by atoms with Gasteiger partial charge in [0.25, 0.3) is 0 Å². The highest BCUT2D eigenvalue weighted by Gasteiger charge is 2.13. The van der Waals surface area contributed by atoms with Crippen LogP contribution < -0.4 is 5.32 Å². The molecule has 2 nitrogen and oxygen atoms in total. The quantitative estimate of drug-likeness (QED) is 0.885. The zero-order chi connectivity index (χ0) is 15.3. The van der Waals surface area contributed by atoms with Gasteiger partial charge in [-0.25, -0.2) is 0 Å². The molecular weight excluding hydrogens is 256 g/mol. The molecule has 1 aromatic heterocycles. The summed E-state index contributed by atoms with van der Waals surface area (Å²) in [5.41, 5.74) is 4.07. The van der Waals surface area contributed by atoms with Gasteiger partial charge in [0.05, 0.1) is 0 Å². The number of rotatable bonds is 5. The van der Waals surface area contributed by atoms with Crippen LogP contribution in [0.3, 0.4) is 0 Å². The van der Waals surface area contributed by atoms with Gasteiger partial charge in [-0.1, -0.05) is 51.1 Å². The fraction of sp³-hybridized carbons (Fsp3) is 0.421. The number of pyridine rings is 1. The molecule has 0 saturated carbocycles. The van der Waals surface area contributed by atoms with Gasteiger partial charge >= 0.3 is 0 Å². The minimum atomic E-state index is 0.216. The van der Waals surface area contributed by atoms with E-state index in [1.165, 1.54) is 11.1 Å². The second-order valence-electron chi connectivity index (χ2n) is 6.62. The molecular formula is C19H26N2. The number of aromatic nitrogens is 1. The Bertz CT molecular complexity index is 538. The maximum Gasteiger partial charge on any atom is 0.0416 e. The number of benzene rings is 1. The van der Waals surface area contributed by atoms with Gasteiger partial charge in [-0.3, -0.25) is 4.98 Å². The fourth-order valence-corrected chi connectivity index (χ4v) is 2.35. The molecule has 0 amide bonds. The highest BCUT2D eigenvalue weighted by atomic mass is 14.9. The lowest BCUT2D eigenvalue weighted by Gasteiger charge is -2.20. The van der Waals surface area contributed by atoms with Crippen molar-refractivity contribution in [1.29, 1.82) is 0 Å². The normalized spacial score (nSPS) is 13.1. The Hall–Kier alpha value is -1.67. The standard InChI is InChI=1S/C19H26N2/c1-15(20-14-12-18-7-5-6-13-21-18)16-8-10-17(11-9-16)19(2,3)4/h5-11,13,15,20H,12,14H2,1-4H3. The van der Waals surface area contributed by atoms with Crippen LogP contribution in [0.2, 0.25) is 0 Å². The topological polar surface area (TPSA) is 24.9 Å². The van der Waals surface area contributed by atoms with E-state index in [0.717, 1.165) is 18.7 Å². The Morgan fingerprint density at radius 2 is 1.76 bits per heavy atom. The van der Waals surface area contributed by atoms with Gasteiger partial charge in [-0.05, 0) is 35.6 Å². The number of hydrogen-bond donors (Lipinski definition) is 1. The molecule has 0 radical (unpaired) electrons. The minimum Gasteiger partial charge on any atom is -0.310 e. The van der Waals surface area contributed by atoms with E-state index in [1.807, 2.05) is 18.3 Å². The third-order valence-electron chi connectivity index (χ3n) is 3.83. The van der Waals surface area contributed by atoms with Crippen LogP contribution in [0.15, 0.2) is 48.7 Å². The first-order valence-electron chi connectivity index (χ1n) is 7.70. The molecule has 0 saturated heterocycles. The molecule has 112 valence electrons. The maximum atomic E-state index is 4.35. The van der Waals surface area contributed by atoms with Gasteiger partial charge in [-0.15, -0.1) is 0 Å². The monoisotopic (exact) mass is 282 g/mol. The Morgan fingerprint density at radius 3 is 2.33 bits per heavy atom. The molecule has 0 aliphatic rings. The first-order chi connectivity index (χ1) is 9.97. The van der Waals surface area contributed by atoms with E-state index < -0.39 is 0 Å². The largest absolute Gasteiger partial charge is 0.310 e. The molecule has 0 aliphatic heterocycles. The molecule has 1 heterocycles. The smallest absolute Gasteiger partial charge is 0.0416 e. The van der Waals surface area contributed by atoms with Crippen molar-refractivity contribution in [1.82, 2.24) is 10.3 Å². The van der Waals surface area contributed by atoms with Gasteiger partial charge in [0.2, 0.25) is 0 Å². The summed E-state index contributed by atoms with van der Waals surface area (Å²) in [6.07, 6.45) is 2.81. The van der Waals surface area contributed by atoms with Crippen LogP contribution in [0.5, 0.6) is 0 Å². The van der Waals surface area contributed by atoms with Crippen LogP contribution in [0.4, 0.5) is 0 Å². The van der Waals surface area contributed by atoms with Crippen molar-refractivity contribution in [3.8, 4) is 0 Å². The predicted molar refractivity (Wildman–Crippen MR) is 89.5 cm³/mol. The van der Waals surface area contributed by atoms with E-state index in [4.69, 9.17) is 0 Å². The maximum absolute atomic E-state index is 4.35. The summed E-state index contributed by atoms with van der Waals surface area (Å²) in [4.78, 5) is 4.35. The van der Waals surface area contributed by atoms with Gasteiger partial charge in [0.1, 0.15) is 0 Å². The summed E-state index contributed by atoms with van der Waals surface area (Å²) < 4.78 is 0. The summed E-state index contributed by atoms with van der Waals surface area (Å²) in [6.45, 7) is 9.90. The summed E-state index contributed by atoms with van der Waals surface area (Å²) >= 11 is 0. The minimum absolute atomic E-state index is 0.216.